The van der Waals surface area contributed by atoms with Crippen LogP contribution in [0.4, 0.5) is 0 Å². The maximum Gasteiger partial charge on any atom is 0.0487 e. The Labute approximate surface area is 121 Å². The summed E-state index contributed by atoms with van der Waals surface area (Å²) in [5.41, 5.74) is 0.719. The molecule has 1 fully saturated rings. The predicted molar refractivity (Wildman–Crippen MR) is 84.3 cm³/mol. The van der Waals surface area contributed by atoms with Crippen molar-refractivity contribution in [2.75, 3.05) is 6.61 Å². The van der Waals surface area contributed by atoms with Gasteiger partial charge >= 0.3 is 0 Å². The number of aliphatic hydroxyl groups is 1. The minimum atomic E-state index is 0.272. The fourth-order valence-corrected chi connectivity index (χ4v) is 3.69. The largest absolute Gasteiger partial charge is 0.396 e. The van der Waals surface area contributed by atoms with Gasteiger partial charge in [-0.2, -0.15) is 0 Å². The minimum absolute atomic E-state index is 0.272. The van der Waals surface area contributed by atoms with Crippen LogP contribution in [0.25, 0.3) is 0 Å². The molecule has 0 unspecified atom stereocenters. The van der Waals surface area contributed by atoms with E-state index in [-0.39, 0.29) is 5.41 Å². The molecule has 114 valence electrons. The zero-order valence-electron chi connectivity index (χ0n) is 13.8. The number of hydrogen-bond acceptors (Lipinski definition) is 1. The van der Waals surface area contributed by atoms with E-state index < -0.39 is 0 Å². The molecular formula is C18H36O. The van der Waals surface area contributed by atoms with Crippen molar-refractivity contribution in [3.05, 3.63) is 0 Å². The molecule has 1 N–H and O–H groups in total. The van der Waals surface area contributed by atoms with Crippen molar-refractivity contribution in [3.8, 4) is 0 Å². The Morgan fingerprint density at radius 2 is 1.58 bits per heavy atom. The Hall–Kier alpha value is -0.0400. The monoisotopic (exact) mass is 268 g/mol. The summed E-state index contributed by atoms with van der Waals surface area (Å²) in [4.78, 5) is 0. The summed E-state index contributed by atoms with van der Waals surface area (Å²) in [5.74, 6) is 0.854. The van der Waals surface area contributed by atoms with Crippen molar-refractivity contribution in [3.63, 3.8) is 0 Å². The maximum atomic E-state index is 9.83. The molecule has 0 aromatic carbocycles. The highest BCUT2D eigenvalue weighted by Crippen LogP contribution is 2.47. The van der Waals surface area contributed by atoms with Crippen molar-refractivity contribution in [2.45, 2.75) is 91.9 Å². The van der Waals surface area contributed by atoms with E-state index in [4.69, 9.17) is 0 Å². The number of rotatable bonds is 7. The molecule has 0 radical (unpaired) electrons. The van der Waals surface area contributed by atoms with Gasteiger partial charge in [-0.1, -0.05) is 59.8 Å². The van der Waals surface area contributed by atoms with Gasteiger partial charge in [0.05, 0.1) is 0 Å². The molecule has 0 aromatic heterocycles. The van der Waals surface area contributed by atoms with Crippen LogP contribution in [0.5, 0.6) is 0 Å². The zero-order valence-corrected chi connectivity index (χ0v) is 13.8. The second-order valence-electron chi connectivity index (χ2n) is 7.96. The van der Waals surface area contributed by atoms with Crippen molar-refractivity contribution in [1.29, 1.82) is 0 Å². The summed E-state index contributed by atoms with van der Waals surface area (Å²) in [6.07, 6.45) is 13.1. The Morgan fingerprint density at radius 1 is 1.00 bits per heavy atom. The number of aliphatic hydroxyl groups excluding tert-OH is 1. The summed E-state index contributed by atoms with van der Waals surface area (Å²) in [6, 6.07) is 0. The average Bonchev–Trinajstić information content (AvgIpc) is 2.38. The first kappa shape index (κ1) is 17.0. The highest BCUT2D eigenvalue weighted by Gasteiger charge is 2.37. The lowest BCUT2D eigenvalue weighted by Gasteiger charge is -2.43. The quantitative estimate of drug-likeness (QED) is 0.599. The molecule has 0 aliphatic heterocycles. The molecule has 1 heteroatoms. The second kappa shape index (κ2) is 7.67. The summed E-state index contributed by atoms with van der Waals surface area (Å²) in [5, 5.41) is 9.83. The van der Waals surface area contributed by atoms with Crippen LogP contribution in [0.2, 0.25) is 0 Å². The number of hydrogen-bond donors (Lipinski definition) is 1. The van der Waals surface area contributed by atoms with Crippen molar-refractivity contribution in [2.24, 2.45) is 16.7 Å². The van der Waals surface area contributed by atoms with Gasteiger partial charge in [0.1, 0.15) is 0 Å². The molecule has 0 heterocycles. The molecule has 1 nitrogen and oxygen atoms in total. The van der Waals surface area contributed by atoms with E-state index in [1.165, 1.54) is 64.2 Å². The maximum absolute atomic E-state index is 9.83. The molecule has 0 spiro atoms. The summed E-state index contributed by atoms with van der Waals surface area (Å²) >= 11 is 0. The van der Waals surface area contributed by atoms with Crippen LogP contribution >= 0.6 is 0 Å². The first-order valence-electron chi connectivity index (χ1n) is 8.54. The molecule has 1 aliphatic carbocycles. The molecule has 1 rings (SSSR count). The lowest BCUT2D eigenvalue weighted by Crippen LogP contribution is -2.35. The third kappa shape index (κ3) is 5.45. The van der Waals surface area contributed by atoms with Gasteiger partial charge in [0, 0.05) is 6.61 Å². The first-order valence-corrected chi connectivity index (χ1v) is 8.54. The summed E-state index contributed by atoms with van der Waals surface area (Å²) in [6.45, 7) is 9.79. The Bertz CT molecular complexity index is 231. The zero-order chi connectivity index (χ0) is 14.4. The van der Waals surface area contributed by atoms with Crippen LogP contribution in [-0.2, 0) is 0 Å². The van der Waals surface area contributed by atoms with Gasteiger partial charge in [-0.15, -0.1) is 0 Å². The first-order chi connectivity index (χ1) is 8.93. The molecule has 0 bridgehead atoms. The molecule has 0 saturated heterocycles. The van der Waals surface area contributed by atoms with Crippen LogP contribution in [0, 0.1) is 16.7 Å². The van der Waals surface area contributed by atoms with Gasteiger partial charge in [-0.05, 0) is 48.9 Å². The average molecular weight is 268 g/mol. The Balaban J connectivity index is 2.34. The molecule has 0 aromatic rings. The van der Waals surface area contributed by atoms with Crippen LogP contribution in [-0.4, -0.2) is 11.7 Å². The van der Waals surface area contributed by atoms with Gasteiger partial charge < -0.3 is 5.11 Å². The molecular weight excluding hydrogens is 232 g/mol. The van der Waals surface area contributed by atoms with E-state index in [0.717, 1.165) is 5.92 Å². The number of unbranched alkanes of at least 4 members (excludes halogenated alkanes) is 4. The lowest BCUT2D eigenvalue weighted by atomic mass is 9.63. The second-order valence-corrected chi connectivity index (χ2v) is 7.96. The molecule has 0 amide bonds. The van der Waals surface area contributed by atoms with E-state index in [2.05, 4.69) is 27.7 Å². The van der Waals surface area contributed by atoms with E-state index >= 15 is 0 Å². The van der Waals surface area contributed by atoms with Gasteiger partial charge in [-0.25, -0.2) is 0 Å². The molecule has 19 heavy (non-hydrogen) atoms. The standard InChI is InChI=1S/C18H36O/c1-5-6-7-8-9-12-18(15-19)13-10-16(11-14-18)17(2,3)4/h16,19H,5-15H2,1-4H3. The Morgan fingerprint density at radius 3 is 2.05 bits per heavy atom. The topological polar surface area (TPSA) is 20.2 Å². The van der Waals surface area contributed by atoms with Crippen LogP contribution in [0.3, 0.4) is 0 Å². The third-order valence-corrected chi connectivity index (χ3v) is 5.42. The van der Waals surface area contributed by atoms with E-state index in [1.54, 1.807) is 0 Å². The fraction of sp³-hybridized carbons (Fsp3) is 1.00. The van der Waals surface area contributed by atoms with E-state index in [9.17, 15) is 5.11 Å². The highest BCUT2D eigenvalue weighted by atomic mass is 16.3. The molecule has 1 aliphatic rings. The van der Waals surface area contributed by atoms with Gasteiger partial charge in [-0.3, -0.25) is 0 Å². The SMILES string of the molecule is CCCCCCCC1(CO)CCC(C(C)(C)C)CC1. The van der Waals surface area contributed by atoms with Crippen LogP contribution < -0.4 is 0 Å². The lowest BCUT2D eigenvalue weighted by molar-refractivity contribution is 0.0284. The van der Waals surface area contributed by atoms with E-state index in [1.807, 2.05) is 0 Å². The third-order valence-electron chi connectivity index (χ3n) is 5.42. The van der Waals surface area contributed by atoms with Crippen molar-refractivity contribution in [1.82, 2.24) is 0 Å². The minimum Gasteiger partial charge on any atom is -0.396 e. The van der Waals surface area contributed by atoms with Crippen molar-refractivity contribution >= 4 is 0 Å². The fourth-order valence-electron chi connectivity index (χ4n) is 3.69. The summed E-state index contributed by atoms with van der Waals surface area (Å²) in [7, 11) is 0. The van der Waals surface area contributed by atoms with Gasteiger partial charge in [0.25, 0.3) is 0 Å². The molecule has 1 saturated carbocycles. The predicted octanol–water partition coefficient (Wildman–Crippen LogP) is 5.56. The van der Waals surface area contributed by atoms with Crippen LogP contribution in [0.1, 0.15) is 91.9 Å². The Kier molecular flexibility index (Phi) is 6.86. The van der Waals surface area contributed by atoms with E-state index in [0.29, 0.717) is 12.0 Å². The van der Waals surface area contributed by atoms with Crippen molar-refractivity contribution < 1.29 is 5.11 Å². The normalized spacial score (nSPS) is 28.6. The van der Waals surface area contributed by atoms with Crippen LogP contribution in [0.15, 0.2) is 0 Å². The smallest absolute Gasteiger partial charge is 0.0487 e. The highest BCUT2D eigenvalue weighted by molar-refractivity contribution is 4.88. The van der Waals surface area contributed by atoms with Gasteiger partial charge in [0.2, 0.25) is 0 Å². The summed E-state index contributed by atoms with van der Waals surface area (Å²) < 4.78 is 0. The van der Waals surface area contributed by atoms with Gasteiger partial charge in [0.15, 0.2) is 0 Å². The molecule has 0 atom stereocenters.